The highest BCUT2D eigenvalue weighted by Gasteiger charge is 2.42. The molecule has 3 unspecified atom stereocenters. The molecule has 1 aromatic rings. The zero-order valence-corrected chi connectivity index (χ0v) is 11.2. The molecule has 0 aromatic carbocycles. The number of hydrogen-bond donors (Lipinski definition) is 1. The van der Waals surface area contributed by atoms with Gasteiger partial charge in [0.2, 0.25) is 0 Å². The average molecular weight is 260 g/mol. The first kappa shape index (κ1) is 12.4. The molecule has 19 heavy (non-hydrogen) atoms. The van der Waals surface area contributed by atoms with Gasteiger partial charge in [-0.1, -0.05) is 19.8 Å². The summed E-state index contributed by atoms with van der Waals surface area (Å²) >= 11 is 0. The number of fused-ring (bicyclic) bond motifs is 1. The molecule has 0 bridgehead atoms. The maximum atomic E-state index is 12.4. The summed E-state index contributed by atoms with van der Waals surface area (Å²) in [4.78, 5) is 14.4. The molecule has 3 atom stereocenters. The second-order valence-electron chi connectivity index (χ2n) is 5.68. The zero-order chi connectivity index (χ0) is 13.2. The maximum absolute atomic E-state index is 12.4. The van der Waals surface area contributed by atoms with E-state index in [-0.39, 0.29) is 6.03 Å². The molecule has 1 aliphatic heterocycles. The zero-order valence-electron chi connectivity index (χ0n) is 11.2. The van der Waals surface area contributed by atoms with Crippen molar-refractivity contribution in [3.8, 4) is 0 Å². The minimum atomic E-state index is -0.0262. The fourth-order valence-corrected chi connectivity index (χ4v) is 3.55. The summed E-state index contributed by atoms with van der Waals surface area (Å²) in [6.07, 6.45) is 6.56. The van der Waals surface area contributed by atoms with Crippen molar-refractivity contribution in [3.05, 3.63) is 18.3 Å². The van der Waals surface area contributed by atoms with Crippen LogP contribution in [-0.4, -0.2) is 33.7 Å². The van der Waals surface area contributed by atoms with Gasteiger partial charge in [-0.3, -0.25) is 5.32 Å². The summed E-state index contributed by atoms with van der Waals surface area (Å²) in [6.45, 7) is 3.13. The highest BCUT2D eigenvalue weighted by atomic mass is 16.2. The van der Waals surface area contributed by atoms with Gasteiger partial charge in [0, 0.05) is 18.8 Å². The Bertz CT molecular complexity index is 450. The van der Waals surface area contributed by atoms with Gasteiger partial charge in [0.05, 0.1) is 0 Å². The van der Waals surface area contributed by atoms with Crippen molar-refractivity contribution in [1.82, 2.24) is 15.1 Å². The molecule has 5 heteroatoms. The molecule has 1 aliphatic carbocycles. The number of hydrogen-bond acceptors (Lipinski definition) is 3. The van der Waals surface area contributed by atoms with E-state index in [1.54, 1.807) is 18.3 Å². The van der Waals surface area contributed by atoms with Crippen LogP contribution in [0.25, 0.3) is 0 Å². The molecule has 0 radical (unpaired) electrons. The number of aromatic nitrogens is 2. The third kappa shape index (κ3) is 2.41. The molecule has 0 spiro atoms. The van der Waals surface area contributed by atoms with Crippen LogP contribution in [-0.2, 0) is 0 Å². The van der Waals surface area contributed by atoms with Gasteiger partial charge in [0.1, 0.15) is 0 Å². The third-order valence-corrected chi connectivity index (χ3v) is 4.47. The number of rotatable bonds is 1. The Labute approximate surface area is 113 Å². The number of nitrogens with zero attached hydrogens (tertiary/aromatic N) is 3. The predicted molar refractivity (Wildman–Crippen MR) is 72.7 cm³/mol. The van der Waals surface area contributed by atoms with E-state index in [1.165, 1.54) is 19.3 Å². The molecule has 1 aromatic heterocycles. The number of nitrogens with one attached hydrogen (secondary N) is 1. The van der Waals surface area contributed by atoms with Crippen molar-refractivity contribution in [2.45, 2.75) is 38.6 Å². The number of likely N-dealkylation sites (tertiary alicyclic amines) is 1. The highest BCUT2D eigenvalue weighted by molar-refractivity contribution is 5.88. The highest BCUT2D eigenvalue weighted by Crippen LogP contribution is 2.39. The lowest BCUT2D eigenvalue weighted by Crippen LogP contribution is -2.41. The molecule has 2 amide bonds. The number of carbonyl (C=O) groups is 1. The first-order chi connectivity index (χ1) is 9.25. The average Bonchev–Trinajstić information content (AvgIpc) is 2.78. The lowest BCUT2D eigenvalue weighted by Gasteiger charge is -2.32. The molecule has 1 N–H and O–H groups in total. The second-order valence-corrected chi connectivity index (χ2v) is 5.68. The van der Waals surface area contributed by atoms with Crippen molar-refractivity contribution >= 4 is 11.8 Å². The van der Waals surface area contributed by atoms with Crippen LogP contribution >= 0.6 is 0 Å². The summed E-state index contributed by atoms with van der Waals surface area (Å²) in [5, 5.41) is 10.5. The van der Waals surface area contributed by atoms with Gasteiger partial charge in [-0.15, -0.1) is 5.10 Å². The molecule has 2 aliphatic rings. The SMILES string of the molecule is CC1CN(C(=O)Nc2cccnn2)C2CCCCC12. The summed E-state index contributed by atoms with van der Waals surface area (Å²) in [5.74, 6) is 1.82. The van der Waals surface area contributed by atoms with E-state index < -0.39 is 0 Å². The monoisotopic (exact) mass is 260 g/mol. The van der Waals surface area contributed by atoms with Gasteiger partial charge in [0.15, 0.2) is 5.82 Å². The van der Waals surface area contributed by atoms with Gasteiger partial charge < -0.3 is 4.90 Å². The van der Waals surface area contributed by atoms with E-state index in [9.17, 15) is 4.79 Å². The second kappa shape index (κ2) is 5.15. The normalized spacial score (nSPS) is 29.9. The standard InChI is InChI=1S/C14H20N4O/c1-10-9-18(12-6-3-2-5-11(10)12)14(19)16-13-7-4-8-15-17-13/h4,7-8,10-12H,2-3,5-6,9H2,1H3,(H,16,17,19). The molecule has 2 fully saturated rings. The van der Waals surface area contributed by atoms with Gasteiger partial charge >= 0.3 is 6.03 Å². The topological polar surface area (TPSA) is 58.1 Å². The van der Waals surface area contributed by atoms with Gasteiger partial charge in [-0.05, 0) is 36.8 Å². The van der Waals surface area contributed by atoms with Crippen molar-refractivity contribution < 1.29 is 4.79 Å². The van der Waals surface area contributed by atoms with Gasteiger partial charge in [-0.2, -0.15) is 5.10 Å². The van der Waals surface area contributed by atoms with E-state index in [0.717, 1.165) is 13.0 Å². The maximum Gasteiger partial charge on any atom is 0.323 e. The molecular formula is C14H20N4O. The van der Waals surface area contributed by atoms with Gasteiger partial charge in [-0.25, -0.2) is 4.79 Å². The molecular weight excluding hydrogens is 240 g/mol. The van der Waals surface area contributed by atoms with Crippen LogP contribution in [0.15, 0.2) is 18.3 Å². The van der Waals surface area contributed by atoms with Crippen LogP contribution in [0.3, 0.4) is 0 Å². The minimum absolute atomic E-state index is 0.0262. The van der Waals surface area contributed by atoms with Crippen LogP contribution in [0.1, 0.15) is 32.6 Å². The van der Waals surface area contributed by atoms with Crippen LogP contribution in [0.4, 0.5) is 10.6 Å². The van der Waals surface area contributed by atoms with Crippen molar-refractivity contribution in [1.29, 1.82) is 0 Å². The fourth-order valence-electron chi connectivity index (χ4n) is 3.55. The van der Waals surface area contributed by atoms with Crippen LogP contribution in [0.5, 0.6) is 0 Å². The van der Waals surface area contributed by atoms with E-state index >= 15 is 0 Å². The summed E-state index contributed by atoms with van der Waals surface area (Å²) in [7, 11) is 0. The van der Waals surface area contributed by atoms with Crippen LogP contribution in [0, 0.1) is 11.8 Å². The Morgan fingerprint density at radius 3 is 3.05 bits per heavy atom. The molecule has 2 heterocycles. The largest absolute Gasteiger partial charge is 0.323 e. The summed E-state index contributed by atoms with van der Waals surface area (Å²) < 4.78 is 0. The Hall–Kier alpha value is -1.65. The number of anilines is 1. The van der Waals surface area contributed by atoms with E-state index in [1.807, 2.05) is 4.90 Å². The number of urea groups is 1. The molecule has 5 nitrogen and oxygen atoms in total. The molecule has 102 valence electrons. The molecule has 1 saturated heterocycles. The predicted octanol–water partition coefficient (Wildman–Crippen LogP) is 2.52. The van der Waals surface area contributed by atoms with Crippen molar-refractivity contribution in [2.24, 2.45) is 11.8 Å². The smallest absolute Gasteiger partial charge is 0.321 e. The quantitative estimate of drug-likeness (QED) is 0.844. The van der Waals surface area contributed by atoms with E-state index in [0.29, 0.717) is 23.7 Å². The van der Waals surface area contributed by atoms with Crippen LogP contribution < -0.4 is 5.32 Å². The minimum Gasteiger partial charge on any atom is -0.321 e. The first-order valence-electron chi connectivity index (χ1n) is 7.11. The molecule has 3 rings (SSSR count). The van der Waals surface area contributed by atoms with E-state index in [4.69, 9.17) is 0 Å². The lowest BCUT2D eigenvalue weighted by molar-refractivity contribution is 0.180. The number of amides is 2. The Morgan fingerprint density at radius 1 is 1.42 bits per heavy atom. The summed E-state index contributed by atoms with van der Waals surface area (Å²) in [6, 6.07) is 3.93. The van der Waals surface area contributed by atoms with Crippen molar-refractivity contribution in [3.63, 3.8) is 0 Å². The van der Waals surface area contributed by atoms with E-state index in [2.05, 4.69) is 22.4 Å². The molecule has 1 saturated carbocycles. The van der Waals surface area contributed by atoms with Crippen LogP contribution in [0.2, 0.25) is 0 Å². The Morgan fingerprint density at radius 2 is 2.26 bits per heavy atom. The number of carbonyl (C=O) groups excluding carboxylic acids is 1. The third-order valence-electron chi connectivity index (χ3n) is 4.47. The Kier molecular flexibility index (Phi) is 3.36. The lowest BCUT2D eigenvalue weighted by atomic mass is 9.80. The van der Waals surface area contributed by atoms with Gasteiger partial charge in [0.25, 0.3) is 0 Å². The van der Waals surface area contributed by atoms with Crippen molar-refractivity contribution in [2.75, 3.05) is 11.9 Å². The fraction of sp³-hybridized carbons (Fsp3) is 0.643. The Balaban J connectivity index is 1.70. The summed E-state index contributed by atoms with van der Waals surface area (Å²) in [5.41, 5.74) is 0. The first-order valence-corrected chi connectivity index (χ1v) is 7.11.